The van der Waals surface area contributed by atoms with Gasteiger partial charge >= 0.3 is 0 Å². The SMILES string of the molecule is O=COCn1nnc2cc(-c3noc(-c4ccccc4Br)n3)ccc21. The van der Waals surface area contributed by atoms with Gasteiger partial charge in [0.2, 0.25) is 5.82 Å². The molecule has 0 aliphatic heterocycles. The van der Waals surface area contributed by atoms with E-state index in [9.17, 15) is 4.79 Å². The molecule has 2 aromatic carbocycles. The molecule has 2 aromatic heterocycles. The molecule has 124 valence electrons. The number of aromatic nitrogens is 5. The van der Waals surface area contributed by atoms with Crippen LogP contribution in [0.25, 0.3) is 33.9 Å². The van der Waals surface area contributed by atoms with Gasteiger partial charge in [0.05, 0.1) is 11.1 Å². The molecule has 0 amide bonds. The van der Waals surface area contributed by atoms with Crippen LogP contribution in [-0.4, -0.2) is 31.6 Å². The molecule has 4 aromatic rings. The molecule has 0 aliphatic carbocycles. The van der Waals surface area contributed by atoms with Gasteiger partial charge < -0.3 is 9.26 Å². The molecule has 8 nitrogen and oxygen atoms in total. The van der Waals surface area contributed by atoms with Crippen LogP contribution in [0, 0.1) is 0 Å². The maximum Gasteiger partial charge on any atom is 0.294 e. The number of hydrogen-bond acceptors (Lipinski definition) is 7. The van der Waals surface area contributed by atoms with Crippen molar-refractivity contribution in [2.75, 3.05) is 0 Å². The summed E-state index contributed by atoms with van der Waals surface area (Å²) in [7, 11) is 0. The van der Waals surface area contributed by atoms with Gasteiger partial charge in [-0.1, -0.05) is 22.5 Å². The van der Waals surface area contributed by atoms with Crippen LogP contribution < -0.4 is 0 Å². The highest BCUT2D eigenvalue weighted by molar-refractivity contribution is 9.10. The van der Waals surface area contributed by atoms with Crippen LogP contribution in [-0.2, 0) is 16.3 Å². The second-order valence-corrected chi connectivity index (χ2v) is 5.94. The molecule has 0 fully saturated rings. The minimum Gasteiger partial charge on any atom is -0.444 e. The average molecular weight is 400 g/mol. The van der Waals surface area contributed by atoms with Crippen molar-refractivity contribution in [3.05, 3.63) is 46.9 Å². The Morgan fingerprint density at radius 3 is 2.96 bits per heavy atom. The summed E-state index contributed by atoms with van der Waals surface area (Å²) in [6.07, 6.45) is 0. The highest BCUT2D eigenvalue weighted by Crippen LogP contribution is 2.29. The van der Waals surface area contributed by atoms with Gasteiger partial charge in [-0.15, -0.1) is 5.10 Å². The van der Waals surface area contributed by atoms with Crippen LogP contribution >= 0.6 is 15.9 Å². The number of rotatable bonds is 5. The molecule has 9 heteroatoms. The van der Waals surface area contributed by atoms with E-state index in [0.29, 0.717) is 23.7 Å². The van der Waals surface area contributed by atoms with Gasteiger partial charge in [0.25, 0.3) is 12.4 Å². The summed E-state index contributed by atoms with van der Waals surface area (Å²) in [5.41, 5.74) is 2.94. The normalized spacial score (nSPS) is 10.9. The second-order valence-electron chi connectivity index (χ2n) is 5.09. The van der Waals surface area contributed by atoms with Crippen molar-refractivity contribution in [1.82, 2.24) is 25.1 Å². The van der Waals surface area contributed by atoms with Crippen LogP contribution in [0.2, 0.25) is 0 Å². The highest BCUT2D eigenvalue weighted by Gasteiger charge is 2.14. The van der Waals surface area contributed by atoms with E-state index in [-0.39, 0.29) is 6.73 Å². The molecule has 0 bridgehead atoms. The minimum atomic E-state index is 0.00768. The molecule has 0 saturated carbocycles. The van der Waals surface area contributed by atoms with Gasteiger partial charge in [-0.25, -0.2) is 4.68 Å². The number of carbonyl (C=O) groups excluding carboxylic acids is 1. The quantitative estimate of drug-likeness (QED) is 0.475. The van der Waals surface area contributed by atoms with Gasteiger partial charge in [0, 0.05) is 10.0 Å². The molecule has 25 heavy (non-hydrogen) atoms. The third-order valence-electron chi connectivity index (χ3n) is 3.57. The Hall–Kier alpha value is -3.07. The van der Waals surface area contributed by atoms with E-state index in [1.54, 1.807) is 6.07 Å². The molecule has 0 spiro atoms. The molecule has 0 aliphatic rings. The minimum absolute atomic E-state index is 0.00768. The van der Waals surface area contributed by atoms with Gasteiger partial charge in [0.15, 0.2) is 6.73 Å². The van der Waals surface area contributed by atoms with Gasteiger partial charge in [-0.2, -0.15) is 4.98 Å². The van der Waals surface area contributed by atoms with Crippen molar-refractivity contribution in [2.24, 2.45) is 0 Å². The number of benzene rings is 2. The summed E-state index contributed by atoms with van der Waals surface area (Å²) in [5, 5.41) is 12.0. The smallest absolute Gasteiger partial charge is 0.294 e. The van der Waals surface area contributed by atoms with Gasteiger partial charge in [-0.05, 0) is 46.3 Å². The molecule has 4 rings (SSSR count). The largest absolute Gasteiger partial charge is 0.444 e. The van der Waals surface area contributed by atoms with Crippen LogP contribution in [0.5, 0.6) is 0 Å². The predicted octanol–water partition coefficient (Wildman–Crippen LogP) is 3.04. The fourth-order valence-corrected chi connectivity index (χ4v) is 2.85. The zero-order valence-electron chi connectivity index (χ0n) is 12.7. The maximum atomic E-state index is 10.3. The van der Waals surface area contributed by atoms with Crippen molar-refractivity contribution in [2.45, 2.75) is 6.73 Å². The van der Waals surface area contributed by atoms with Crippen LogP contribution in [0.15, 0.2) is 51.5 Å². The standard InChI is InChI=1S/C16H10BrN5O3/c17-12-4-2-1-3-11(12)16-18-15(20-25-16)10-5-6-14-13(7-10)19-21-22(14)8-24-9-23/h1-7,9H,8H2. The van der Waals surface area contributed by atoms with Crippen LogP contribution in [0.3, 0.4) is 0 Å². The lowest BCUT2D eigenvalue weighted by molar-refractivity contribution is -0.132. The first-order valence-electron chi connectivity index (χ1n) is 7.24. The Balaban J connectivity index is 1.68. The first-order valence-corrected chi connectivity index (χ1v) is 8.03. The fourth-order valence-electron chi connectivity index (χ4n) is 2.39. The molecular weight excluding hydrogens is 390 g/mol. The van der Waals surface area contributed by atoms with Gasteiger partial charge in [-0.3, -0.25) is 4.79 Å². The Bertz CT molecular complexity index is 1060. The molecule has 2 heterocycles. The Morgan fingerprint density at radius 1 is 1.24 bits per heavy atom. The molecular formula is C16H10BrN5O3. The number of hydrogen-bond donors (Lipinski definition) is 0. The summed E-state index contributed by atoms with van der Waals surface area (Å²) in [5.74, 6) is 0.872. The molecule has 0 saturated heterocycles. The number of fused-ring (bicyclic) bond motifs is 1. The molecule has 0 unspecified atom stereocenters. The molecule has 0 atom stereocenters. The van der Waals surface area contributed by atoms with E-state index in [0.717, 1.165) is 21.1 Å². The van der Waals surface area contributed by atoms with Crippen molar-refractivity contribution in [3.8, 4) is 22.8 Å². The molecule has 0 N–H and O–H groups in total. The number of halogens is 1. The number of nitrogens with zero attached hydrogens (tertiary/aromatic N) is 5. The van der Waals surface area contributed by atoms with Crippen LogP contribution in [0.4, 0.5) is 0 Å². The lowest BCUT2D eigenvalue weighted by Crippen LogP contribution is -2.02. The second kappa shape index (κ2) is 6.44. The first-order chi connectivity index (χ1) is 12.3. The van der Waals surface area contributed by atoms with Crippen molar-refractivity contribution in [3.63, 3.8) is 0 Å². The third kappa shape index (κ3) is 2.89. The van der Waals surface area contributed by atoms with Crippen molar-refractivity contribution < 1.29 is 14.1 Å². The predicted molar refractivity (Wildman–Crippen MR) is 91.1 cm³/mol. The zero-order valence-corrected chi connectivity index (χ0v) is 14.3. The fraction of sp³-hybridized carbons (Fsp3) is 0.0625. The third-order valence-corrected chi connectivity index (χ3v) is 4.26. The summed E-state index contributed by atoms with van der Waals surface area (Å²) in [6.45, 7) is 0.373. The highest BCUT2D eigenvalue weighted by atomic mass is 79.9. The van der Waals surface area contributed by atoms with E-state index in [4.69, 9.17) is 9.26 Å². The summed E-state index contributed by atoms with van der Waals surface area (Å²) in [4.78, 5) is 14.7. The summed E-state index contributed by atoms with van der Waals surface area (Å²) < 4.78 is 12.4. The first kappa shape index (κ1) is 15.5. The van der Waals surface area contributed by atoms with E-state index in [1.807, 2.05) is 36.4 Å². The van der Waals surface area contributed by atoms with E-state index >= 15 is 0 Å². The van der Waals surface area contributed by atoms with Crippen LogP contribution in [0.1, 0.15) is 0 Å². The van der Waals surface area contributed by atoms with Gasteiger partial charge in [0.1, 0.15) is 5.52 Å². The Kier molecular flexibility index (Phi) is 3.98. The topological polar surface area (TPSA) is 95.9 Å². The Labute approximate surface area is 149 Å². The summed E-state index contributed by atoms with van der Waals surface area (Å²) >= 11 is 3.47. The summed E-state index contributed by atoms with van der Waals surface area (Å²) in [6, 6.07) is 13.1. The maximum absolute atomic E-state index is 10.3. The lowest BCUT2D eigenvalue weighted by Gasteiger charge is -2.00. The zero-order chi connectivity index (χ0) is 17.2. The van der Waals surface area contributed by atoms with E-state index < -0.39 is 0 Å². The number of ether oxygens (including phenoxy) is 1. The van der Waals surface area contributed by atoms with E-state index in [1.165, 1.54) is 4.68 Å². The lowest BCUT2D eigenvalue weighted by atomic mass is 10.2. The Morgan fingerprint density at radius 2 is 2.12 bits per heavy atom. The number of carbonyl (C=O) groups is 1. The average Bonchev–Trinajstić information content (AvgIpc) is 3.27. The molecule has 0 radical (unpaired) electrons. The monoisotopic (exact) mass is 399 g/mol. The van der Waals surface area contributed by atoms with Crippen molar-refractivity contribution >= 4 is 33.4 Å². The van der Waals surface area contributed by atoms with E-state index in [2.05, 4.69) is 36.4 Å². The van der Waals surface area contributed by atoms with Crippen molar-refractivity contribution in [1.29, 1.82) is 0 Å².